The normalized spacial score (nSPS) is 14.1. The molecule has 0 bridgehead atoms. The number of aromatic nitrogens is 1. The van der Waals surface area contributed by atoms with E-state index < -0.39 is 28.6 Å². The molecule has 0 unspecified atom stereocenters. The highest BCUT2D eigenvalue weighted by Gasteiger charge is 2.28. The number of aryl methyl sites for hydroxylation is 1. The van der Waals surface area contributed by atoms with Gasteiger partial charge in [0.1, 0.15) is 6.04 Å². The SMILES string of the molecule is Cc1nc(-c2ccc3c(c2)CCN3C(=O)COC(=O)[C@H](C)NS(=O)(=O)c2ccccc2)cs1. The first-order valence-electron chi connectivity index (χ1n) is 10.3. The molecule has 172 valence electrons. The van der Waals surface area contributed by atoms with Crippen molar-refractivity contribution in [1.29, 1.82) is 0 Å². The van der Waals surface area contributed by atoms with E-state index in [1.165, 1.54) is 19.1 Å². The van der Waals surface area contributed by atoms with E-state index in [0.717, 1.165) is 27.5 Å². The Morgan fingerprint density at radius 2 is 1.97 bits per heavy atom. The monoisotopic (exact) mass is 485 g/mol. The summed E-state index contributed by atoms with van der Waals surface area (Å²) in [5, 5.41) is 2.99. The van der Waals surface area contributed by atoms with Crippen molar-refractivity contribution >= 4 is 38.9 Å². The van der Waals surface area contributed by atoms with Crippen molar-refractivity contribution in [3.05, 3.63) is 64.5 Å². The molecule has 0 saturated carbocycles. The lowest BCUT2D eigenvalue weighted by Crippen LogP contribution is -2.41. The maximum absolute atomic E-state index is 12.7. The van der Waals surface area contributed by atoms with E-state index in [-0.39, 0.29) is 10.8 Å². The lowest BCUT2D eigenvalue weighted by atomic mass is 10.1. The van der Waals surface area contributed by atoms with Crippen molar-refractivity contribution in [3.8, 4) is 11.3 Å². The lowest BCUT2D eigenvalue weighted by Gasteiger charge is -2.18. The summed E-state index contributed by atoms with van der Waals surface area (Å²) in [6.07, 6.45) is 0.694. The van der Waals surface area contributed by atoms with Gasteiger partial charge in [0, 0.05) is 23.2 Å². The number of nitrogens with one attached hydrogen (secondary N) is 1. The minimum Gasteiger partial charge on any atom is -0.454 e. The number of rotatable bonds is 7. The fraction of sp³-hybridized carbons (Fsp3) is 0.261. The van der Waals surface area contributed by atoms with Crippen LogP contribution in [-0.4, -0.2) is 44.5 Å². The second-order valence-electron chi connectivity index (χ2n) is 7.65. The van der Waals surface area contributed by atoms with Crippen LogP contribution in [0.4, 0.5) is 5.69 Å². The quantitative estimate of drug-likeness (QED) is 0.516. The molecule has 4 rings (SSSR count). The van der Waals surface area contributed by atoms with Gasteiger partial charge < -0.3 is 9.64 Å². The smallest absolute Gasteiger partial charge is 0.324 e. The van der Waals surface area contributed by atoms with Crippen LogP contribution in [-0.2, 0) is 30.8 Å². The Labute approximate surface area is 196 Å². The van der Waals surface area contributed by atoms with Crippen LogP contribution in [0.15, 0.2) is 58.8 Å². The summed E-state index contributed by atoms with van der Waals surface area (Å²) in [7, 11) is -3.87. The molecule has 2 heterocycles. The van der Waals surface area contributed by atoms with Crippen molar-refractivity contribution in [2.24, 2.45) is 0 Å². The summed E-state index contributed by atoms with van der Waals surface area (Å²) in [4.78, 5) is 31.1. The minimum absolute atomic E-state index is 0.0431. The molecule has 0 fully saturated rings. The van der Waals surface area contributed by atoms with Gasteiger partial charge in [0.25, 0.3) is 5.91 Å². The second kappa shape index (κ2) is 9.42. The summed E-state index contributed by atoms with van der Waals surface area (Å²) in [6, 6.07) is 12.4. The number of amides is 1. The van der Waals surface area contributed by atoms with Crippen molar-refractivity contribution < 1.29 is 22.7 Å². The van der Waals surface area contributed by atoms with Gasteiger partial charge in [-0.25, -0.2) is 13.4 Å². The lowest BCUT2D eigenvalue weighted by molar-refractivity contribution is -0.149. The Balaban J connectivity index is 1.35. The third-order valence-corrected chi connectivity index (χ3v) is 7.60. The van der Waals surface area contributed by atoms with Crippen molar-refractivity contribution in [2.45, 2.75) is 31.2 Å². The van der Waals surface area contributed by atoms with Gasteiger partial charge in [-0.05, 0) is 50.1 Å². The van der Waals surface area contributed by atoms with Crippen LogP contribution in [0, 0.1) is 6.92 Å². The Morgan fingerprint density at radius 3 is 2.67 bits per heavy atom. The highest BCUT2D eigenvalue weighted by Crippen LogP contribution is 2.32. The van der Waals surface area contributed by atoms with Crippen LogP contribution in [0.1, 0.15) is 17.5 Å². The number of thiazole rings is 1. The number of carbonyl (C=O) groups is 2. The van der Waals surface area contributed by atoms with Crippen LogP contribution in [0.5, 0.6) is 0 Å². The van der Waals surface area contributed by atoms with Crippen LogP contribution in [0.25, 0.3) is 11.3 Å². The van der Waals surface area contributed by atoms with Gasteiger partial charge in [0.05, 0.1) is 15.6 Å². The van der Waals surface area contributed by atoms with Gasteiger partial charge in [-0.3, -0.25) is 9.59 Å². The molecule has 8 nitrogen and oxygen atoms in total. The van der Waals surface area contributed by atoms with E-state index in [2.05, 4.69) is 9.71 Å². The zero-order valence-electron chi connectivity index (χ0n) is 18.1. The number of sulfonamides is 1. The molecular formula is C23H23N3O5S2. The maximum atomic E-state index is 12.7. The zero-order valence-corrected chi connectivity index (χ0v) is 19.8. The number of ether oxygens (including phenoxy) is 1. The topological polar surface area (TPSA) is 106 Å². The van der Waals surface area contributed by atoms with E-state index in [4.69, 9.17) is 4.74 Å². The molecule has 1 aliphatic rings. The number of carbonyl (C=O) groups excluding carboxylic acids is 2. The number of hydrogen-bond acceptors (Lipinski definition) is 7. The number of hydrogen-bond donors (Lipinski definition) is 1. The Bertz CT molecular complexity index is 1290. The van der Waals surface area contributed by atoms with E-state index in [0.29, 0.717) is 13.0 Å². The van der Waals surface area contributed by atoms with E-state index >= 15 is 0 Å². The largest absolute Gasteiger partial charge is 0.454 e. The molecular weight excluding hydrogens is 462 g/mol. The third-order valence-electron chi connectivity index (χ3n) is 5.27. The van der Waals surface area contributed by atoms with Crippen LogP contribution in [0.2, 0.25) is 0 Å². The molecule has 0 spiro atoms. The van der Waals surface area contributed by atoms with Crippen LogP contribution >= 0.6 is 11.3 Å². The molecule has 1 amide bonds. The first-order chi connectivity index (χ1) is 15.7. The van der Waals surface area contributed by atoms with Crippen molar-refractivity contribution in [3.63, 3.8) is 0 Å². The number of nitrogens with zero attached hydrogens (tertiary/aromatic N) is 2. The summed E-state index contributed by atoms with van der Waals surface area (Å²) >= 11 is 1.58. The van der Waals surface area contributed by atoms with Crippen molar-refractivity contribution in [2.75, 3.05) is 18.1 Å². The van der Waals surface area contributed by atoms with Gasteiger partial charge in [-0.1, -0.05) is 24.3 Å². The van der Waals surface area contributed by atoms with Gasteiger partial charge in [-0.15, -0.1) is 11.3 Å². The molecule has 1 N–H and O–H groups in total. The fourth-order valence-electron chi connectivity index (χ4n) is 3.60. The molecule has 1 aromatic heterocycles. The first kappa shape index (κ1) is 23.1. The predicted molar refractivity (Wildman–Crippen MR) is 126 cm³/mol. The average Bonchev–Trinajstić information content (AvgIpc) is 3.43. The highest BCUT2D eigenvalue weighted by molar-refractivity contribution is 7.89. The zero-order chi connectivity index (χ0) is 23.6. The van der Waals surface area contributed by atoms with Gasteiger partial charge in [0.2, 0.25) is 10.0 Å². The van der Waals surface area contributed by atoms with Gasteiger partial charge in [-0.2, -0.15) is 4.72 Å². The summed E-state index contributed by atoms with van der Waals surface area (Å²) in [6.45, 7) is 3.35. The third kappa shape index (κ3) is 5.13. The van der Waals surface area contributed by atoms with Crippen LogP contribution in [0.3, 0.4) is 0 Å². The summed E-state index contributed by atoms with van der Waals surface area (Å²) < 4.78 is 32.1. The standard InChI is InChI=1S/C23H23N3O5S2/c1-15(25-33(29,30)19-6-4-3-5-7-19)23(28)31-13-22(27)26-11-10-18-12-17(8-9-21(18)26)20-14-32-16(2)24-20/h3-9,12,14-15,25H,10-11,13H2,1-2H3/t15-/m0/s1. The predicted octanol–water partition coefficient (Wildman–Crippen LogP) is 2.92. The Kier molecular flexibility index (Phi) is 6.59. The Morgan fingerprint density at radius 1 is 1.21 bits per heavy atom. The summed E-state index contributed by atoms with van der Waals surface area (Å²) in [5.41, 5.74) is 3.72. The molecule has 3 aromatic rings. The minimum atomic E-state index is -3.87. The number of benzene rings is 2. The maximum Gasteiger partial charge on any atom is 0.324 e. The molecule has 0 saturated heterocycles. The van der Waals surface area contributed by atoms with E-state index in [1.807, 2.05) is 30.5 Å². The number of esters is 1. The molecule has 33 heavy (non-hydrogen) atoms. The molecule has 2 aromatic carbocycles. The second-order valence-corrected chi connectivity index (χ2v) is 10.4. The van der Waals surface area contributed by atoms with Crippen molar-refractivity contribution in [1.82, 2.24) is 9.71 Å². The molecule has 1 aliphatic heterocycles. The van der Waals surface area contributed by atoms with E-state index in [9.17, 15) is 18.0 Å². The molecule has 1 atom stereocenters. The number of anilines is 1. The fourth-order valence-corrected chi connectivity index (χ4v) is 5.44. The number of fused-ring (bicyclic) bond motifs is 1. The highest BCUT2D eigenvalue weighted by atomic mass is 32.2. The summed E-state index contributed by atoms with van der Waals surface area (Å²) in [5.74, 6) is -1.19. The van der Waals surface area contributed by atoms with Gasteiger partial charge >= 0.3 is 5.97 Å². The first-order valence-corrected chi connectivity index (χ1v) is 12.7. The Hall–Kier alpha value is -3.08. The molecule has 0 aliphatic carbocycles. The molecule has 10 heteroatoms. The average molecular weight is 486 g/mol. The van der Waals surface area contributed by atoms with Gasteiger partial charge in [0.15, 0.2) is 6.61 Å². The molecule has 0 radical (unpaired) electrons. The van der Waals surface area contributed by atoms with Crippen LogP contribution < -0.4 is 9.62 Å². The van der Waals surface area contributed by atoms with E-state index in [1.54, 1.807) is 34.4 Å².